The minimum atomic E-state index is -0.774. The Balaban J connectivity index is 1.65. The van der Waals surface area contributed by atoms with Gasteiger partial charge in [0.2, 0.25) is 5.91 Å². The molecular formula is C20H27NO3S. The second kappa shape index (κ2) is 6.29. The molecule has 2 heterocycles. The number of fused-ring (bicyclic) bond motifs is 2. The van der Waals surface area contributed by atoms with E-state index < -0.39 is 16.6 Å². The number of rotatable bonds is 3. The SMILES string of the molecule is Cc1ccc(S[C@@]2([C@H](C)O)C(=O)N3[C@@H]2CCOC32CCCCC2)cc1. The first-order valence-corrected chi connectivity index (χ1v) is 10.2. The molecule has 0 radical (unpaired) electrons. The lowest BCUT2D eigenvalue weighted by Crippen LogP contribution is -2.83. The molecule has 25 heavy (non-hydrogen) atoms. The minimum absolute atomic E-state index is 0.0538. The summed E-state index contributed by atoms with van der Waals surface area (Å²) >= 11 is 1.54. The minimum Gasteiger partial charge on any atom is -0.391 e. The van der Waals surface area contributed by atoms with E-state index in [1.807, 2.05) is 4.90 Å². The summed E-state index contributed by atoms with van der Waals surface area (Å²) in [5.74, 6) is 0.0553. The van der Waals surface area contributed by atoms with Crippen molar-refractivity contribution in [2.45, 2.75) is 79.9 Å². The lowest BCUT2D eigenvalue weighted by Gasteiger charge is -2.66. The van der Waals surface area contributed by atoms with Crippen molar-refractivity contribution in [1.29, 1.82) is 0 Å². The molecule has 1 spiro atoms. The zero-order chi connectivity index (χ0) is 17.7. The van der Waals surface area contributed by atoms with E-state index in [0.717, 1.165) is 37.0 Å². The highest BCUT2D eigenvalue weighted by molar-refractivity contribution is 8.01. The number of aliphatic hydroxyl groups is 1. The van der Waals surface area contributed by atoms with Crippen LogP contribution in [0.15, 0.2) is 29.2 Å². The van der Waals surface area contributed by atoms with Crippen LogP contribution < -0.4 is 0 Å². The Labute approximate surface area is 153 Å². The van der Waals surface area contributed by atoms with Crippen LogP contribution in [0.25, 0.3) is 0 Å². The molecular weight excluding hydrogens is 334 g/mol. The largest absolute Gasteiger partial charge is 0.391 e. The van der Waals surface area contributed by atoms with E-state index in [0.29, 0.717) is 6.61 Å². The fourth-order valence-electron chi connectivity index (χ4n) is 4.79. The Kier molecular flexibility index (Phi) is 4.37. The van der Waals surface area contributed by atoms with Gasteiger partial charge in [0.1, 0.15) is 10.5 Å². The summed E-state index contributed by atoms with van der Waals surface area (Å²) in [4.78, 5) is 16.4. The summed E-state index contributed by atoms with van der Waals surface area (Å²) in [5.41, 5.74) is 0.786. The molecule has 1 aromatic rings. The van der Waals surface area contributed by atoms with E-state index in [4.69, 9.17) is 4.74 Å². The highest BCUT2D eigenvalue weighted by Crippen LogP contribution is 2.56. The van der Waals surface area contributed by atoms with E-state index in [1.165, 1.54) is 23.7 Å². The van der Waals surface area contributed by atoms with Gasteiger partial charge in [-0.2, -0.15) is 0 Å². The van der Waals surface area contributed by atoms with Gasteiger partial charge in [-0.3, -0.25) is 4.79 Å². The number of hydrogen-bond donors (Lipinski definition) is 1. The van der Waals surface area contributed by atoms with Crippen LogP contribution in [0.4, 0.5) is 0 Å². The van der Waals surface area contributed by atoms with Gasteiger partial charge in [-0.15, -0.1) is 11.8 Å². The van der Waals surface area contributed by atoms with Gasteiger partial charge in [-0.25, -0.2) is 0 Å². The summed E-state index contributed by atoms with van der Waals surface area (Å²) in [5, 5.41) is 10.6. The smallest absolute Gasteiger partial charge is 0.246 e. The molecule has 4 nitrogen and oxygen atoms in total. The topological polar surface area (TPSA) is 49.8 Å². The molecule has 1 aliphatic carbocycles. The molecule has 1 N–H and O–H groups in total. The molecule has 5 heteroatoms. The van der Waals surface area contributed by atoms with Crippen molar-refractivity contribution in [3.8, 4) is 0 Å². The molecule has 3 fully saturated rings. The Hall–Kier alpha value is -1.04. The second-order valence-corrected chi connectivity index (χ2v) is 9.07. The molecule has 3 aliphatic rings. The maximum absolute atomic E-state index is 13.4. The van der Waals surface area contributed by atoms with E-state index in [1.54, 1.807) is 6.92 Å². The van der Waals surface area contributed by atoms with E-state index in [9.17, 15) is 9.90 Å². The number of aryl methyl sites for hydroxylation is 1. The van der Waals surface area contributed by atoms with E-state index in [2.05, 4.69) is 31.2 Å². The van der Waals surface area contributed by atoms with Gasteiger partial charge < -0.3 is 14.7 Å². The lowest BCUT2D eigenvalue weighted by atomic mass is 9.74. The van der Waals surface area contributed by atoms with Gasteiger partial charge in [-0.05, 0) is 58.1 Å². The third-order valence-corrected chi connectivity index (χ3v) is 7.76. The fraction of sp³-hybridized carbons (Fsp3) is 0.650. The summed E-state index contributed by atoms with van der Waals surface area (Å²) in [6.45, 7) is 4.50. The quantitative estimate of drug-likeness (QED) is 0.837. The second-order valence-electron chi connectivity index (χ2n) is 7.72. The molecule has 0 bridgehead atoms. The summed E-state index contributed by atoms with van der Waals surface area (Å²) < 4.78 is 5.39. The predicted octanol–water partition coefficient (Wildman–Crippen LogP) is 3.50. The number of carbonyl (C=O) groups is 1. The third-order valence-electron chi connectivity index (χ3n) is 6.12. The fourth-order valence-corrected chi connectivity index (χ4v) is 6.16. The van der Waals surface area contributed by atoms with Gasteiger partial charge in [0.15, 0.2) is 0 Å². The number of amides is 1. The third kappa shape index (κ3) is 2.54. The zero-order valence-corrected chi connectivity index (χ0v) is 15.8. The lowest BCUT2D eigenvalue weighted by molar-refractivity contribution is -0.256. The number of benzene rings is 1. The summed E-state index contributed by atoms with van der Waals surface area (Å²) in [6.07, 6.45) is 5.42. The van der Waals surface area contributed by atoms with Gasteiger partial charge in [0.25, 0.3) is 0 Å². The van der Waals surface area contributed by atoms with Crippen molar-refractivity contribution in [2.24, 2.45) is 0 Å². The average molecular weight is 362 g/mol. The van der Waals surface area contributed by atoms with Crippen LogP contribution in [0.2, 0.25) is 0 Å². The Bertz CT molecular complexity index is 648. The Morgan fingerprint density at radius 1 is 1.24 bits per heavy atom. The number of carbonyl (C=O) groups excluding carboxylic acids is 1. The number of ether oxygens (including phenoxy) is 1. The Morgan fingerprint density at radius 2 is 1.92 bits per heavy atom. The van der Waals surface area contributed by atoms with Crippen molar-refractivity contribution in [2.75, 3.05) is 6.61 Å². The standard InChI is InChI=1S/C20H27NO3S/c1-14-6-8-16(9-7-14)25-20(15(2)22)17-10-13-24-19(21(17)18(20)23)11-4-3-5-12-19/h6-9,15,17,22H,3-5,10-13H2,1-2H3/t15-,17+,20+/m0/s1. The number of nitrogens with zero attached hydrogens (tertiary/aromatic N) is 1. The van der Waals surface area contributed by atoms with Crippen molar-refractivity contribution >= 4 is 17.7 Å². The van der Waals surface area contributed by atoms with Crippen molar-refractivity contribution in [3.63, 3.8) is 0 Å². The van der Waals surface area contributed by atoms with Crippen LogP contribution in [-0.4, -0.2) is 45.1 Å². The van der Waals surface area contributed by atoms with Crippen LogP contribution in [-0.2, 0) is 9.53 Å². The summed E-state index contributed by atoms with van der Waals surface area (Å²) in [6, 6.07) is 8.28. The number of thioether (sulfide) groups is 1. The van der Waals surface area contributed by atoms with Crippen LogP contribution >= 0.6 is 11.8 Å². The molecule has 4 rings (SSSR count). The predicted molar refractivity (Wildman–Crippen MR) is 98.5 cm³/mol. The summed E-state index contributed by atoms with van der Waals surface area (Å²) in [7, 11) is 0. The van der Waals surface area contributed by atoms with Crippen molar-refractivity contribution in [1.82, 2.24) is 4.90 Å². The van der Waals surface area contributed by atoms with E-state index >= 15 is 0 Å². The highest BCUT2D eigenvalue weighted by Gasteiger charge is 2.70. The first kappa shape index (κ1) is 17.4. The molecule has 1 amide bonds. The maximum atomic E-state index is 13.4. The van der Waals surface area contributed by atoms with E-state index in [-0.39, 0.29) is 11.9 Å². The molecule has 1 aromatic carbocycles. The number of β-lactam (4-membered cyclic amide) rings is 1. The first-order chi connectivity index (χ1) is 12.0. The van der Waals surface area contributed by atoms with Gasteiger partial charge in [-0.1, -0.05) is 24.1 Å². The Morgan fingerprint density at radius 3 is 2.56 bits per heavy atom. The van der Waals surface area contributed by atoms with Gasteiger partial charge in [0, 0.05) is 4.90 Å². The molecule has 3 atom stereocenters. The molecule has 0 unspecified atom stereocenters. The number of aliphatic hydroxyl groups excluding tert-OH is 1. The van der Waals surface area contributed by atoms with Crippen molar-refractivity contribution in [3.05, 3.63) is 29.8 Å². The number of hydrogen-bond acceptors (Lipinski definition) is 4. The normalized spacial score (nSPS) is 32.2. The highest BCUT2D eigenvalue weighted by atomic mass is 32.2. The molecule has 1 saturated carbocycles. The van der Waals surface area contributed by atoms with Crippen molar-refractivity contribution < 1.29 is 14.6 Å². The monoisotopic (exact) mass is 361 g/mol. The molecule has 0 aromatic heterocycles. The van der Waals surface area contributed by atoms with Crippen LogP contribution in [0.3, 0.4) is 0 Å². The maximum Gasteiger partial charge on any atom is 0.246 e. The van der Waals surface area contributed by atoms with Crippen LogP contribution in [0.1, 0.15) is 51.0 Å². The van der Waals surface area contributed by atoms with Crippen LogP contribution in [0.5, 0.6) is 0 Å². The molecule has 2 aliphatic heterocycles. The van der Waals surface area contributed by atoms with Gasteiger partial charge >= 0.3 is 0 Å². The average Bonchev–Trinajstić information content (AvgIpc) is 2.61. The van der Waals surface area contributed by atoms with Gasteiger partial charge in [0.05, 0.1) is 18.8 Å². The molecule has 2 saturated heterocycles. The molecule has 136 valence electrons. The first-order valence-electron chi connectivity index (χ1n) is 9.41. The zero-order valence-electron chi connectivity index (χ0n) is 15.0. The van der Waals surface area contributed by atoms with Crippen LogP contribution in [0, 0.1) is 6.92 Å².